The van der Waals surface area contributed by atoms with Gasteiger partial charge in [-0.1, -0.05) is 30.3 Å². The third-order valence-electron chi connectivity index (χ3n) is 5.85. The number of nitrogens with one attached hydrogen (secondary N) is 1. The zero-order valence-electron chi connectivity index (χ0n) is 19.2. The van der Waals surface area contributed by atoms with Crippen molar-refractivity contribution in [1.29, 1.82) is 0 Å². The van der Waals surface area contributed by atoms with Crippen LogP contribution < -0.4 is 9.62 Å². The number of carbonyl (C=O) groups is 1. The first-order valence-electron chi connectivity index (χ1n) is 11.3. The maximum Gasteiger partial charge on any atom is 0.246 e. The van der Waals surface area contributed by atoms with Crippen LogP contribution >= 0.6 is 0 Å². The Morgan fingerprint density at radius 1 is 1.06 bits per heavy atom. The smallest absolute Gasteiger partial charge is 0.246 e. The maximum atomic E-state index is 12.7. The number of carbonyl (C=O) groups excluding carboxylic acids is 1. The van der Waals surface area contributed by atoms with Crippen LogP contribution in [0.4, 0.5) is 5.69 Å². The molecule has 1 amide bonds. The summed E-state index contributed by atoms with van der Waals surface area (Å²) in [4.78, 5) is 16.9. The third kappa shape index (κ3) is 5.95. The van der Waals surface area contributed by atoms with Crippen LogP contribution in [0.5, 0.6) is 0 Å². The standard InChI is InChI=1S/C26H29N3O4S/c1-28(20-22-7-2-3-9-25(22)29-16-4-5-17-29)26(30)15-12-21-10-13-24(14-11-21)34(31,32)27-19-23-8-6-18-33-23/h2-3,6-15,18,27H,4-5,16-17,19-20H2,1H3/b15-12+. The van der Waals surface area contributed by atoms with Gasteiger partial charge in [-0.3, -0.25) is 4.79 Å². The number of likely N-dealkylation sites (N-methyl/N-ethyl adjacent to an activating group) is 1. The Bertz CT molecular complexity index is 1230. The van der Waals surface area contributed by atoms with E-state index in [0.29, 0.717) is 12.3 Å². The Morgan fingerprint density at radius 3 is 2.50 bits per heavy atom. The summed E-state index contributed by atoms with van der Waals surface area (Å²) in [5.41, 5.74) is 3.07. The Kier molecular flexibility index (Phi) is 7.49. The number of benzene rings is 2. The van der Waals surface area contributed by atoms with Gasteiger partial charge in [0.1, 0.15) is 5.76 Å². The number of hydrogen-bond donors (Lipinski definition) is 1. The van der Waals surface area contributed by atoms with Crippen LogP contribution in [0.2, 0.25) is 0 Å². The minimum Gasteiger partial charge on any atom is -0.468 e. The molecule has 4 rings (SSSR count). The Morgan fingerprint density at radius 2 is 1.79 bits per heavy atom. The van der Waals surface area contributed by atoms with Gasteiger partial charge in [0.05, 0.1) is 17.7 Å². The van der Waals surface area contributed by atoms with Crippen molar-refractivity contribution in [2.75, 3.05) is 25.0 Å². The van der Waals surface area contributed by atoms with Crippen LogP contribution in [0, 0.1) is 0 Å². The highest BCUT2D eigenvalue weighted by Gasteiger charge is 2.17. The lowest BCUT2D eigenvalue weighted by molar-refractivity contribution is -0.125. The first-order valence-corrected chi connectivity index (χ1v) is 12.8. The highest BCUT2D eigenvalue weighted by molar-refractivity contribution is 7.89. The molecule has 1 aliphatic heterocycles. The summed E-state index contributed by atoms with van der Waals surface area (Å²) in [6.45, 7) is 2.71. The van der Waals surface area contributed by atoms with E-state index >= 15 is 0 Å². The van der Waals surface area contributed by atoms with E-state index in [1.165, 1.54) is 43.0 Å². The Labute approximate surface area is 200 Å². The van der Waals surface area contributed by atoms with Gasteiger partial charge in [0.25, 0.3) is 0 Å². The minimum atomic E-state index is -3.66. The second kappa shape index (κ2) is 10.7. The van der Waals surface area contributed by atoms with Gasteiger partial charge in [0.2, 0.25) is 15.9 Å². The zero-order chi connectivity index (χ0) is 24.0. The number of rotatable bonds is 9. The average molecular weight is 480 g/mol. The van der Waals surface area contributed by atoms with Crippen molar-refractivity contribution in [3.63, 3.8) is 0 Å². The van der Waals surface area contributed by atoms with Gasteiger partial charge in [-0.25, -0.2) is 13.1 Å². The monoisotopic (exact) mass is 479 g/mol. The van der Waals surface area contributed by atoms with Gasteiger partial charge in [-0.2, -0.15) is 0 Å². The lowest BCUT2D eigenvalue weighted by Gasteiger charge is -2.24. The summed E-state index contributed by atoms with van der Waals surface area (Å²) >= 11 is 0. The van der Waals surface area contributed by atoms with E-state index in [1.54, 1.807) is 42.3 Å². The van der Waals surface area contributed by atoms with Crippen molar-refractivity contribution >= 4 is 27.7 Å². The molecule has 0 atom stereocenters. The summed E-state index contributed by atoms with van der Waals surface area (Å²) in [6.07, 6.45) is 7.10. The molecule has 2 heterocycles. The van der Waals surface area contributed by atoms with Gasteiger partial charge >= 0.3 is 0 Å². The van der Waals surface area contributed by atoms with Crippen LogP contribution in [0.3, 0.4) is 0 Å². The number of amides is 1. The van der Waals surface area contributed by atoms with Crippen LogP contribution in [0.15, 0.2) is 82.3 Å². The number of nitrogens with zero attached hydrogens (tertiary/aromatic N) is 2. The Hall–Kier alpha value is -3.36. The summed E-state index contributed by atoms with van der Waals surface area (Å²) in [7, 11) is -1.87. The van der Waals surface area contributed by atoms with E-state index in [2.05, 4.69) is 21.8 Å². The van der Waals surface area contributed by atoms with E-state index in [1.807, 2.05) is 12.1 Å². The fraction of sp³-hybridized carbons (Fsp3) is 0.269. The molecular formula is C26H29N3O4S. The summed E-state index contributed by atoms with van der Waals surface area (Å²) in [5, 5.41) is 0. The first kappa shape index (κ1) is 23.8. The van der Waals surface area contributed by atoms with Crippen molar-refractivity contribution < 1.29 is 17.6 Å². The molecule has 0 aliphatic carbocycles. The summed E-state index contributed by atoms with van der Waals surface area (Å²) < 4.78 is 32.6. The second-order valence-corrected chi connectivity index (χ2v) is 10.1. The molecule has 34 heavy (non-hydrogen) atoms. The zero-order valence-corrected chi connectivity index (χ0v) is 20.0. The molecule has 1 N–H and O–H groups in total. The topological polar surface area (TPSA) is 82.9 Å². The van der Waals surface area contributed by atoms with Crippen molar-refractivity contribution in [2.45, 2.75) is 30.8 Å². The van der Waals surface area contributed by atoms with E-state index in [4.69, 9.17) is 4.42 Å². The minimum absolute atomic E-state index is 0.0821. The van der Waals surface area contributed by atoms with Gasteiger partial charge in [-0.05, 0) is 60.4 Å². The predicted molar refractivity (Wildman–Crippen MR) is 133 cm³/mol. The van der Waals surface area contributed by atoms with Crippen LogP contribution in [-0.4, -0.2) is 39.4 Å². The number of para-hydroxylation sites is 1. The molecule has 7 nitrogen and oxygen atoms in total. The molecule has 1 fully saturated rings. The lowest BCUT2D eigenvalue weighted by atomic mass is 10.1. The molecule has 0 bridgehead atoms. The SMILES string of the molecule is CN(Cc1ccccc1N1CCCC1)C(=O)/C=C/c1ccc(S(=O)(=O)NCc2ccco2)cc1. The summed E-state index contributed by atoms with van der Waals surface area (Å²) in [5.74, 6) is 0.418. The first-order chi connectivity index (χ1) is 16.4. The molecule has 1 saturated heterocycles. The molecule has 1 aromatic heterocycles. The van der Waals surface area contributed by atoms with Crippen molar-refractivity contribution in [3.8, 4) is 0 Å². The highest BCUT2D eigenvalue weighted by Crippen LogP contribution is 2.25. The van der Waals surface area contributed by atoms with E-state index in [-0.39, 0.29) is 17.3 Å². The lowest BCUT2D eigenvalue weighted by Crippen LogP contribution is -2.26. The molecule has 8 heteroatoms. The van der Waals surface area contributed by atoms with Crippen LogP contribution in [0.25, 0.3) is 6.08 Å². The van der Waals surface area contributed by atoms with Gasteiger partial charge in [0, 0.05) is 38.4 Å². The average Bonchev–Trinajstić information content (AvgIpc) is 3.56. The molecule has 0 spiro atoms. The number of anilines is 1. The second-order valence-electron chi connectivity index (χ2n) is 8.32. The molecule has 2 aromatic carbocycles. The fourth-order valence-corrected chi connectivity index (χ4v) is 4.95. The van der Waals surface area contributed by atoms with Gasteiger partial charge < -0.3 is 14.2 Å². The van der Waals surface area contributed by atoms with Crippen molar-refractivity contribution in [3.05, 3.63) is 89.9 Å². The third-order valence-corrected chi connectivity index (χ3v) is 7.26. The molecule has 178 valence electrons. The largest absolute Gasteiger partial charge is 0.468 e. The predicted octanol–water partition coefficient (Wildman–Crippen LogP) is 4.03. The van der Waals surface area contributed by atoms with Gasteiger partial charge in [0.15, 0.2) is 0 Å². The normalized spacial score (nSPS) is 14.1. The maximum absolute atomic E-state index is 12.7. The van der Waals surface area contributed by atoms with E-state index in [0.717, 1.165) is 24.2 Å². The fourth-order valence-electron chi connectivity index (χ4n) is 3.96. The number of furan rings is 1. The van der Waals surface area contributed by atoms with E-state index < -0.39 is 10.0 Å². The molecule has 1 aliphatic rings. The number of hydrogen-bond acceptors (Lipinski definition) is 5. The molecule has 0 radical (unpaired) electrons. The number of sulfonamides is 1. The van der Waals surface area contributed by atoms with Crippen LogP contribution in [-0.2, 0) is 27.9 Å². The Balaban J connectivity index is 1.35. The molecule has 0 unspecified atom stereocenters. The van der Waals surface area contributed by atoms with E-state index in [9.17, 15) is 13.2 Å². The van der Waals surface area contributed by atoms with Gasteiger partial charge in [-0.15, -0.1) is 0 Å². The molecule has 0 saturated carbocycles. The summed E-state index contributed by atoms with van der Waals surface area (Å²) in [6, 6.07) is 18.0. The van der Waals surface area contributed by atoms with Crippen LogP contribution in [0.1, 0.15) is 29.7 Å². The highest BCUT2D eigenvalue weighted by atomic mass is 32.2. The quantitative estimate of drug-likeness (QED) is 0.469. The molecule has 3 aromatic rings. The molecular weight excluding hydrogens is 450 g/mol. The van der Waals surface area contributed by atoms with Crippen molar-refractivity contribution in [1.82, 2.24) is 9.62 Å². The van der Waals surface area contributed by atoms with Crippen molar-refractivity contribution in [2.24, 2.45) is 0 Å².